The molecule has 0 saturated heterocycles. The van der Waals surface area contributed by atoms with Crippen LogP contribution in [0.3, 0.4) is 0 Å². The molecule has 0 unspecified atom stereocenters. The van der Waals surface area contributed by atoms with Crippen molar-refractivity contribution in [3.8, 4) is 16.9 Å². The normalized spacial score (nSPS) is 9.94. The molecule has 2 N–H and O–H groups in total. The van der Waals surface area contributed by atoms with Crippen molar-refractivity contribution in [2.75, 3.05) is 6.61 Å². The van der Waals surface area contributed by atoms with E-state index in [1.165, 1.54) is 4.43 Å². The first kappa shape index (κ1) is 12.2. The van der Waals surface area contributed by atoms with Crippen LogP contribution in [0, 0.1) is 0 Å². The van der Waals surface area contributed by atoms with Gasteiger partial charge < -0.3 is 0 Å². The van der Waals surface area contributed by atoms with Crippen LogP contribution in [0.25, 0.3) is 11.1 Å². The maximum absolute atomic E-state index is 9.87. The quantitative estimate of drug-likeness (QED) is 0.801. The molecule has 0 saturated carbocycles. The fourth-order valence-corrected chi connectivity index (χ4v) is 3.00. The standard InChI is InChI=1S/C12H9O.C2H5O.Al/c13-12-9-5-4-8-11(12)10-6-2-1-3-7-10;1-2-3;/h1-6,8-9,13H;3H,1-2H2;/q;;+1. The molecule has 0 aliphatic carbocycles. The molecule has 0 spiro atoms. The van der Waals surface area contributed by atoms with Crippen molar-refractivity contribution in [3.05, 3.63) is 48.5 Å². The van der Waals surface area contributed by atoms with Gasteiger partial charge in [0.2, 0.25) is 0 Å². The van der Waals surface area contributed by atoms with Crippen LogP contribution in [-0.4, -0.2) is 32.0 Å². The van der Waals surface area contributed by atoms with Crippen LogP contribution in [0.5, 0.6) is 5.75 Å². The van der Waals surface area contributed by atoms with E-state index in [-0.39, 0.29) is 21.8 Å². The summed E-state index contributed by atoms with van der Waals surface area (Å²) in [7, 11) is 0. The van der Waals surface area contributed by atoms with E-state index in [4.69, 9.17) is 5.11 Å². The summed E-state index contributed by atoms with van der Waals surface area (Å²) >= 11 is 0.0514. The molecule has 0 bridgehead atoms. The van der Waals surface area contributed by atoms with Gasteiger partial charge in [0, 0.05) is 0 Å². The third kappa shape index (κ3) is 2.89. The van der Waals surface area contributed by atoms with Crippen LogP contribution in [0.4, 0.5) is 0 Å². The molecule has 84 valence electrons. The maximum atomic E-state index is 9.87. The number of hydrogen-bond acceptors (Lipinski definition) is 2. The molecule has 2 aromatic carbocycles. The molecule has 0 heterocycles. The van der Waals surface area contributed by atoms with Crippen LogP contribution in [-0.2, 0) is 0 Å². The number of rotatable bonds is 4. The number of para-hydroxylation sites is 1. The summed E-state index contributed by atoms with van der Waals surface area (Å²) in [6.07, 6.45) is 0. The second kappa shape index (κ2) is 5.88. The molecule has 0 atom stereocenters. The van der Waals surface area contributed by atoms with Crippen molar-refractivity contribution in [1.29, 1.82) is 0 Å². The van der Waals surface area contributed by atoms with E-state index in [9.17, 15) is 5.11 Å². The number of phenols is 1. The molecular formula is C14H14AlO2+. The van der Waals surface area contributed by atoms with Gasteiger partial charge in [0.05, 0.1) is 0 Å². The minimum atomic E-state index is 0.0514. The summed E-state index contributed by atoms with van der Waals surface area (Å²) in [6.45, 7) is 0.227. The Bertz CT molecular complexity index is 497. The van der Waals surface area contributed by atoms with Crippen LogP contribution in [0.15, 0.2) is 48.5 Å². The molecule has 0 aliphatic heterocycles. The Morgan fingerprint density at radius 3 is 2.24 bits per heavy atom. The van der Waals surface area contributed by atoms with Crippen molar-refractivity contribution in [3.63, 3.8) is 0 Å². The Kier molecular flexibility index (Phi) is 4.22. The first-order valence-electron chi connectivity index (χ1n) is 5.64. The topological polar surface area (TPSA) is 40.5 Å². The monoisotopic (exact) mass is 241 g/mol. The van der Waals surface area contributed by atoms with E-state index in [0.717, 1.165) is 16.4 Å². The Hall–Kier alpha value is -1.27. The van der Waals surface area contributed by atoms with E-state index in [2.05, 4.69) is 6.07 Å². The van der Waals surface area contributed by atoms with Gasteiger partial charge in [-0.05, 0) is 0 Å². The fourth-order valence-electron chi connectivity index (χ4n) is 1.84. The van der Waals surface area contributed by atoms with Gasteiger partial charge >= 0.3 is 107 Å². The third-order valence-corrected chi connectivity index (χ3v) is 4.14. The summed E-state index contributed by atoms with van der Waals surface area (Å²) in [6, 6.07) is 15.4. The summed E-state index contributed by atoms with van der Waals surface area (Å²) < 4.78 is 1.24. The first-order chi connectivity index (χ1) is 8.33. The molecule has 3 heteroatoms. The second-order valence-electron chi connectivity index (χ2n) is 3.82. The van der Waals surface area contributed by atoms with Crippen molar-refractivity contribution in [1.82, 2.24) is 0 Å². The number of aliphatic hydroxyl groups excluding tert-OH is 1. The van der Waals surface area contributed by atoms with Gasteiger partial charge in [0.1, 0.15) is 0 Å². The fraction of sp³-hybridized carbons (Fsp3) is 0.143. The molecule has 17 heavy (non-hydrogen) atoms. The Balaban J connectivity index is 2.41. The van der Waals surface area contributed by atoms with Gasteiger partial charge in [0.15, 0.2) is 0 Å². The zero-order valence-corrected chi connectivity index (χ0v) is 10.7. The van der Waals surface area contributed by atoms with Gasteiger partial charge in [-0.15, -0.1) is 0 Å². The average Bonchev–Trinajstić information content (AvgIpc) is 2.37. The van der Waals surface area contributed by atoms with Gasteiger partial charge in [0.25, 0.3) is 0 Å². The molecular weight excluding hydrogens is 227 g/mol. The van der Waals surface area contributed by atoms with Crippen molar-refractivity contribution in [2.24, 2.45) is 0 Å². The molecule has 2 rings (SSSR count). The minimum absolute atomic E-state index is 0.0514. The summed E-state index contributed by atoms with van der Waals surface area (Å²) in [5.74, 6) is 0.309. The number of aliphatic hydroxyl groups is 1. The predicted molar refractivity (Wildman–Crippen MR) is 70.8 cm³/mol. The van der Waals surface area contributed by atoms with E-state index >= 15 is 0 Å². The number of phenolic OH excluding ortho intramolecular Hbond substituents is 1. The number of hydrogen-bond donors (Lipinski definition) is 2. The summed E-state index contributed by atoms with van der Waals surface area (Å²) in [4.78, 5) is 0. The van der Waals surface area contributed by atoms with E-state index in [0.29, 0.717) is 5.75 Å². The van der Waals surface area contributed by atoms with E-state index < -0.39 is 0 Å². The Morgan fingerprint density at radius 1 is 0.882 bits per heavy atom. The zero-order chi connectivity index (χ0) is 12.1. The Labute approximate surface area is 107 Å². The predicted octanol–water partition coefficient (Wildman–Crippen LogP) is 1.80. The third-order valence-electron chi connectivity index (χ3n) is 2.65. The summed E-state index contributed by atoms with van der Waals surface area (Å²) in [5, 5.41) is 19.6. The Morgan fingerprint density at radius 2 is 1.53 bits per heavy atom. The molecule has 0 aliphatic rings. The molecule has 0 radical (unpaired) electrons. The number of aromatic hydroxyl groups is 1. The van der Waals surface area contributed by atoms with Crippen molar-refractivity contribution in [2.45, 2.75) is 5.28 Å². The average molecular weight is 241 g/mol. The van der Waals surface area contributed by atoms with Gasteiger partial charge in [-0.2, -0.15) is 0 Å². The van der Waals surface area contributed by atoms with Crippen LogP contribution in [0.1, 0.15) is 0 Å². The SMILES string of the molecule is OC[CH2][Al+][c]1ccccc1-c1ccccc1O. The van der Waals surface area contributed by atoms with Crippen LogP contribution in [0.2, 0.25) is 5.28 Å². The molecule has 0 amide bonds. The van der Waals surface area contributed by atoms with Gasteiger partial charge in [-0.1, -0.05) is 0 Å². The van der Waals surface area contributed by atoms with Gasteiger partial charge in [-0.3, -0.25) is 0 Å². The van der Waals surface area contributed by atoms with Gasteiger partial charge in [-0.25, -0.2) is 0 Å². The molecule has 0 fully saturated rings. The second-order valence-corrected chi connectivity index (χ2v) is 5.43. The van der Waals surface area contributed by atoms with Crippen molar-refractivity contribution >= 4 is 19.6 Å². The molecule has 2 aromatic rings. The van der Waals surface area contributed by atoms with Crippen LogP contribution >= 0.6 is 0 Å². The van der Waals surface area contributed by atoms with E-state index in [1.54, 1.807) is 6.07 Å². The van der Waals surface area contributed by atoms with Crippen LogP contribution < -0.4 is 4.43 Å². The molecule has 0 aromatic heterocycles. The van der Waals surface area contributed by atoms with Crippen molar-refractivity contribution < 1.29 is 10.2 Å². The zero-order valence-electron chi connectivity index (χ0n) is 9.50. The molecule has 2 nitrogen and oxygen atoms in total. The first-order valence-corrected chi connectivity index (χ1v) is 7.04. The number of benzene rings is 2. The van der Waals surface area contributed by atoms with E-state index in [1.807, 2.05) is 36.4 Å². The summed E-state index contributed by atoms with van der Waals surface area (Å²) in [5.41, 5.74) is 1.95.